The van der Waals surface area contributed by atoms with Gasteiger partial charge in [0.05, 0.1) is 12.7 Å². The van der Waals surface area contributed by atoms with E-state index in [1.54, 1.807) is 13.0 Å². The Hall–Kier alpha value is -0.910. The molecule has 1 heterocycles. The first-order chi connectivity index (χ1) is 7.67. The van der Waals surface area contributed by atoms with Gasteiger partial charge in [0.15, 0.2) is 0 Å². The predicted octanol–water partition coefficient (Wildman–Crippen LogP) is 1.18. The van der Waals surface area contributed by atoms with Crippen molar-refractivity contribution in [2.24, 2.45) is 5.73 Å². The van der Waals surface area contributed by atoms with Gasteiger partial charge in [-0.2, -0.15) is 0 Å². The number of esters is 1. The van der Waals surface area contributed by atoms with E-state index in [1.807, 2.05) is 6.07 Å². The van der Waals surface area contributed by atoms with Crippen molar-refractivity contribution < 1.29 is 14.6 Å². The van der Waals surface area contributed by atoms with Crippen LogP contribution in [0.15, 0.2) is 12.1 Å². The van der Waals surface area contributed by atoms with Crippen LogP contribution in [-0.2, 0) is 11.2 Å². The van der Waals surface area contributed by atoms with Gasteiger partial charge in [0.25, 0.3) is 0 Å². The number of nitrogens with two attached hydrogens (primary N) is 1. The molecule has 0 radical (unpaired) electrons. The van der Waals surface area contributed by atoms with Gasteiger partial charge in [0.1, 0.15) is 4.88 Å². The monoisotopic (exact) mass is 243 g/mol. The molecule has 90 valence electrons. The molecule has 1 atom stereocenters. The summed E-state index contributed by atoms with van der Waals surface area (Å²) in [6.45, 7) is 2.44. The molecule has 0 bridgehead atoms. The third-order valence-corrected chi connectivity index (χ3v) is 3.26. The van der Waals surface area contributed by atoms with E-state index in [4.69, 9.17) is 10.5 Å². The van der Waals surface area contributed by atoms with Gasteiger partial charge >= 0.3 is 5.97 Å². The molecule has 0 saturated carbocycles. The van der Waals surface area contributed by atoms with Gasteiger partial charge in [0, 0.05) is 11.4 Å². The van der Waals surface area contributed by atoms with Crippen molar-refractivity contribution in [2.75, 3.05) is 13.2 Å². The van der Waals surface area contributed by atoms with Crippen LogP contribution in [0.25, 0.3) is 0 Å². The lowest BCUT2D eigenvalue weighted by molar-refractivity contribution is 0.0532. The molecule has 0 spiro atoms. The molecule has 3 N–H and O–H groups in total. The van der Waals surface area contributed by atoms with Gasteiger partial charge in [-0.05, 0) is 31.9 Å². The summed E-state index contributed by atoms with van der Waals surface area (Å²) in [6.07, 6.45) is 0.898. The second kappa shape index (κ2) is 6.62. The minimum Gasteiger partial charge on any atom is -0.462 e. The van der Waals surface area contributed by atoms with Crippen molar-refractivity contribution in [2.45, 2.75) is 25.9 Å². The molecule has 0 amide bonds. The van der Waals surface area contributed by atoms with Crippen LogP contribution in [0.5, 0.6) is 0 Å². The number of hydrogen-bond acceptors (Lipinski definition) is 5. The van der Waals surface area contributed by atoms with Crippen molar-refractivity contribution in [3.63, 3.8) is 0 Å². The lowest BCUT2D eigenvalue weighted by Crippen LogP contribution is -2.19. The summed E-state index contributed by atoms with van der Waals surface area (Å²) >= 11 is 1.41. The number of hydrogen-bond donors (Lipinski definition) is 2. The number of thiophene rings is 1. The van der Waals surface area contributed by atoms with Crippen molar-refractivity contribution in [3.8, 4) is 0 Å². The van der Waals surface area contributed by atoms with E-state index in [2.05, 4.69) is 0 Å². The number of aliphatic hydroxyl groups is 1. The lowest BCUT2D eigenvalue weighted by Gasteiger charge is -2.04. The highest BCUT2D eigenvalue weighted by atomic mass is 32.1. The zero-order chi connectivity index (χ0) is 12.0. The quantitative estimate of drug-likeness (QED) is 0.736. The van der Waals surface area contributed by atoms with Crippen LogP contribution < -0.4 is 5.73 Å². The average molecular weight is 243 g/mol. The van der Waals surface area contributed by atoms with Crippen LogP contribution in [-0.4, -0.2) is 30.3 Å². The maximum Gasteiger partial charge on any atom is 0.348 e. The Morgan fingerprint density at radius 3 is 3.00 bits per heavy atom. The summed E-state index contributed by atoms with van der Waals surface area (Å²) in [5.41, 5.74) is 5.31. The first-order valence-corrected chi connectivity index (χ1v) is 6.13. The molecule has 0 fully saturated rings. The fourth-order valence-electron chi connectivity index (χ4n) is 1.25. The van der Waals surface area contributed by atoms with E-state index in [0.29, 0.717) is 17.9 Å². The Morgan fingerprint density at radius 2 is 2.38 bits per heavy atom. The Kier molecular flexibility index (Phi) is 5.45. The van der Waals surface area contributed by atoms with Crippen molar-refractivity contribution in [1.82, 2.24) is 0 Å². The highest BCUT2D eigenvalue weighted by Crippen LogP contribution is 2.19. The molecule has 1 rings (SSSR count). The fourth-order valence-corrected chi connectivity index (χ4v) is 2.17. The minimum absolute atomic E-state index is 0.274. The normalized spacial score (nSPS) is 12.4. The first kappa shape index (κ1) is 13.2. The van der Waals surface area contributed by atoms with E-state index in [1.165, 1.54) is 11.3 Å². The zero-order valence-electron chi connectivity index (χ0n) is 9.31. The third-order valence-electron chi connectivity index (χ3n) is 2.13. The lowest BCUT2D eigenvalue weighted by atomic mass is 10.2. The maximum absolute atomic E-state index is 11.4. The number of aliphatic hydroxyl groups excluding tert-OH is 1. The third kappa shape index (κ3) is 3.92. The largest absolute Gasteiger partial charge is 0.462 e. The smallest absolute Gasteiger partial charge is 0.348 e. The maximum atomic E-state index is 11.4. The predicted molar refractivity (Wildman–Crippen MR) is 63.7 cm³/mol. The molecule has 1 aromatic rings. The van der Waals surface area contributed by atoms with Gasteiger partial charge < -0.3 is 15.6 Å². The molecule has 0 aromatic carbocycles. The molecular formula is C11H17NO3S. The number of carbonyl (C=O) groups excluding carboxylic acids is 1. The van der Waals surface area contributed by atoms with E-state index in [0.717, 1.165) is 11.3 Å². The van der Waals surface area contributed by atoms with Gasteiger partial charge in [-0.1, -0.05) is 0 Å². The van der Waals surface area contributed by atoms with Crippen molar-refractivity contribution in [1.29, 1.82) is 0 Å². The summed E-state index contributed by atoms with van der Waals surface area (Å²) in [4.78, 5) is 13.0. The number of ether oxygens (including phenoxy) is 1. The van der Waals surface area contributed by atoms with Gasteiger partial charge in [-0.15, -0.1) is 11.3 Å². The highest BCUT2D eigenvalue weighted by molar-refractivity contribution is 7.13. The summed E-state index contributed by atoms with van der Waals surface area (Å²) < 4.78 is 4.89. The molecule has 0 aliphatic heterocycles. The molecule has 1 aromatic heterocycles. The van der Waals surface area contributed by atoms with E-state index in [9.17, 15) is 9.90 Å². The molecular weight excluding hydrogens is 226 g/mol. The van der Waals surface area contributed by atoms with Crippen LogP contribution in [0.1, 0.15) is 27.9 Å². The van der Waals surface area contributed by atoms with Crippen LogP contribution in [0.3, 0.4) is 0 Å². The molecule has 0 unspecified atom stereocenters. The summed E-state index contributed by atoms with van der Waals surface area (Å²) in [5, 5.41) is 9.31. The highest BCUT2D eigenvalue weighted by Gasteiger charge is 2.10. The zero-order valence-corrected chi connectivity index (χ0v) is 10.1. The van der Waals surface area contributed by atoms with Crippen molar-refractivity contribution >= 4 is 17.3 Å². The standard InChI is InChI=1S/C11H17NO3S/c1-2-15-11(14)10-6-5-9(16-10)4-3-8(13)7-12/h5-6,8,13H,2-4,7,12H2,1H3/t8-/m1/s1. The number of aryl methyl sites for hydroxylation is 1. The minimum atomic E-state index is -0.465. The molecule has 0 saturated heterocycles. The Labute approximate surface area is 99.0 Å². The molecule has 5 heteroatoms. The summed E-state index contributed by atoms with van der Waals surface area (Å²) in [7, 11) is 0. The number of rotatable bonds is 6. The average Bonchev–Trinajstić information content (AvgIpc) is 2.75. The topological polar surface area (TPSA) is 72.5 Å². The van der Waals surface area contributed by atoms with E-state index in [-0.39, 0.29) is 12.5 Å². The summed E-state index contributed by atoms with van der Waals surface area (Å²) in [5.74, 6) is -0.280. The fraction of sp³-hybridized carbons (Fsp3) is 0.545. The molecule has 0 aliphatic carbocycles. The van der Waals surface area contributed by atoms with E-state index >= 15 is 0 Å². The molecule has 16 heavy (non-hydrogen) atoms. The Bertz CT molecular complexity index is 338. The van der Waals surface area contributed by atoms with Gasteiger partial charge in [-0.3, -0.25) is 0 Å². The van der Waals surface area contributed by atoms with Crippen LogP contribution in [0, 0.1) is 0 Å². The number of carbonyl (C=O) groups is 1. The Morgan fingerprint density at radius 1 is 1.62 bits per heavy atom. The van der Waals surface area contributed by atoms with Crippen molar-refractivity contribution in [3.05, 3.63) is 21.9 Å². The van der Waals surface area contributed by atoms with Gasteiger partial charge in [0.2, 0.25) is 0 Å². The SMILES string of the molecule is CCOC(=O)c1ccc(CC[C@@H](O)CN)s1. The van der Waals surface area contributed by atoms with E-state index < -0.39 is 6.10 Å². The first-order valence-electron chi connectivity index (χ1n) is 5.31. The summed E-state index contributed by atoms with van der Waals surface area (Å²) in [6, 6.07) is 3.65. The van der Waals surface area contributed by atoms with Crippen LogP contribution in [0.2, 0.25) is 0 Å². The van der Waals surface area contributed by atoms with Crippen LogP contribution >= 0.6 is 11.3 Å². The second-order valence-corrected chi connectivity index (χ2v) is 4.58. The molecule has 4 nitrogen and oxygen atoms in total. The molecule has 0 aliphatic rings. The second-order valence-electron chi connectivity index (χ2n) is 3.41. The Balaban J connectivity index is 2.48. The van der Waals surface area contributed by atoms with Crippen LogP contribution in [0.4, 0.5) is 0 Å². The van der Waals surface area contributed by atoms with Gasteiger partial charge in [-0.25, -0.2) is 4.79 Å².